The lowest BCUT2D eigenvalue weighted by atomic mass is 10.3. The summed E-state index contributed by atoms with van der Waals surface area (Å²) in [4.78, 5) is 35.3. The molecule has 1 saturated heterocycles. The van der Waals surface area contributed by atoms with Gasteiger partial charge in [-0.05, 0) is 24.3 Å². The third-order valence-electron chi connectivity index (χ3n) is 2.58. The fraction of sp³-hybridized carbons (Fsp3) is 0.250. The van der Waals surface area contributed by atoms with Gasteiger partial charge in [0.25, 0.3) is 0 Å². The van der Waals surface area contributed by atoms with Gasteiger partial charge in [-0.3, -0.25) is 19.3 Å². The number of carbonyl (C=O) groups is 3. The highest BCUT2D eigenvalue weighted by molar-refractivity contribution is 6.30. The van der Waals surface area contributed by atoms with E-state index in [1.807, 2.05) is 0 Å². The maximum Gasteiger partial charge on any atom is 0.244 e. The number of halogens is 1. The van der Waals surface area contributed by atoms with Crippen LogP contribution in [0.25, 0.3) is 0 Å². The van der Waals surface area contributed by atoms with Crippen molar-refractivity contribution in [3.8, 4) is 0 Å². The minimum Gasteiger partial charge on any atom is -0.325 e. The van der Waals surface area contributed by atoms with Crippen LogP contribution in [0.1, 0.15) is 12.8 Å². The summed E-state index contributed by atoms with van der Waals surface area (Å²) in [6.07, 6.45) is 0.375. The summed E-state index contributed by atoms with van der Waals surface area (Å²) in [5, 5.41) is 3.16. The molecule has 0 bridgehead atoms. The number of nitrogens with zero attached hydrogens (tertiary/aromatic N) is 1. The van der Waals surface area contributed by atoms with E-state index in [0.29, 0.717) is 10.7 Å². The van der Waals surface area contributed by atoms with Gasteiger partial charge in [0, 0.05) is 23.6 Å². The fourth-order valence-electron chi connectivity index (χ4n) is 1.68. The summed E-state index contributed by atoms with van der Waals surface area (Å²) in [5.41, 5.74) is 0.573. The van der Waals surface area contributed by atoms with E-state index in [9.17, 15) is 14.4 Å². The van der Waals surface area contributed by atoms with Crippen molar-refractivity contribution in [2.75, 3.05) is 11.9 Å². The van der Waals surface area contributed by atoms with Gasteiger partial charge < -0.3 is 5.32 Å². The number of nitrogens with one attached hydrogen (secondary N) is 1. The first-order valence-corrected chi connectivity index (χ1v) is 5.82. The lowest BCUT2D eigenvalue weighted by Crippen LogP contribution is -2.36. The molecule has 1 fully saturated rings. The Morgan fingerprint density at radius 1 is 1.17 bits per heavy atom. The van der Waals surface area contributed by atoms with Crippen molar-refractivity contribution in [2.24, 2.45) is 0 Å². The van der Waals surface area contributed by atoms with Crippen molar-refractivity contribution < 1.29 is 14.4 Å². The van der Waals surface area contributed by atoms with E-state index in [0.717, 1.165) is 4.90 Å². The number of anilines is 1. The minimum atomic E-state index is -0.402. The number of amides is 3. The molecule has 0 aromatic heterocycles. The molecule has 0 radical (unpaired) electrons. The summed E-state index contributed by atoms with van der Waals surface area (Å²) in [6.45, 7) is -0.236. The SMILES string of the molecule is O=C(CN1C(=O)CCC1=O)Nc1ccc(Cl)cc1. The third kappa shape index (κ3) is 2.87. The normalized spacial score (nSPS) is 15.1. The van der Waals surface area contributed by atoms with Crippen LogP contribution in [0, 0.1) is 0 Å². The number of carbonyl (C=O) groups excluding carboxylic acids is 3. The summed E-state index contributed by atoms with van der Waals surface area (Å²) in [6, 6.07) is 6.58. The van der Waals surface area contributed by atoms with Crippen LogP contribution in [0.5, 0.6) is 0 Å². The van der Waals surface area contributed by atoms with Gasteiger partial charge in [0.15, 0.2) is 0 Å². The minimum absolute atomic E-state index is 0.188. The van der Waals surface area contributed by atoms with E-state index >= 15 is 0 Å². The van der Waals surface area contributed by atoms with Crippen LogP contribution in [-0.4, -0.2) is 29.2 Å². The molecule has 0 unspecified atom stereocenters. The highest BCUT2D eigenvalue weighted by Crippen LogP contribution is 2.14. The van der Waals surface area contributed by atoms with E-state index < -0.39 is 5.91 Å². The monoisotopic (exact) mass is 266 g/mol. The molecular weight excluding hydrogens is 256 g/mol. The molecule has 0 atom stereocenters. The van der Waals surface area contributed by atoms with E-state index in [-0.39, 0.29) is 31.2 Å². The molecular formula is C12H11ClN2O3. The van der Waals surface area contributed by atoms with Crippen LogP contribution in [0.3, 0.4) is 0 Å². The Hall–Kier alpha value is -1.88. The molecule has 0 spiro atoms. The predicted octanol–water partition coefficient (Wildman–Crippen LogP) is 1.43. The first kappa shape index (κ1) is 12.6. The quantitative estimate of drug-likeness (QED) is 0.842. The second kappa shape index (κ2) is 5.18. The maximum absolute atomic E-state index is 11.7. The number of imide groups is 1. The fourth-order valence-corrected chi connectivity index (χ4v) is 1.80. The van der Waals surface area contributed by atoms with E-state index in [1.54, 1.807) is 24.3 Å². The zero-order chi connectivity index (χ0) is 13.1. The number of hydrogen-bond acceptors (Lipinski definition) is 3. The molecule has 1 heterocycles. The first-order valence-electron chi connectivity index (χ1n) is 5.45. The van der Waals surface area contributed by atoms with Gasteiger partial charge in [-0.15, -0.1) is 0 Å². The van der Waals surface area contributed by atoms with Crippen LogP contribution < -0.4 is 5.32 Å². The topological polar surface area (TPSA) is 66.5 Å². The molecule has 0 aliphatic carbocycles. The second-order valence-corrected chi connectivity index (χ2v) is 4.37. The average molecular weight is 267 g/mol. The Morgan fingerprint density at radius 2 is 1.72 bits per heavy atom. The molecule has 2 rings (SSSR count). The van der Waals surface area contributed by atoms with Crippen LogP contribution >= 0.6 is 11.6 Å². The molecule has 6 heteroatoms. The van der Waals surface area contributed by atoms with Crippen LogP contribution in [0.15, 0.2) is 24.3 Å². The molecule has 1 aliphatic rings. The number of benzene rings is 1. The Balaban J connectivity index is 1.94. The second-order valence-electron chi connectivity index (χ2n) is 3.93. The van der Waals surface area contributed by atoms with Gasteiger partial charge >= 0.3 is 0 Å². The van der Waals surface area contributed by atoms with Crippen molar-refractivity contribution in [1.29, 1.82) is 0 Å². The summed E-state index contributed by atoms with van der Waals surface area (Å²) < 4.78 is 0. The van der Waals surface area contributed by atoms with Crippen molar-refractivity contribution in [3.05, 3.63) is 29.3 Å². The van der Waals surface area contributed by atoms with Crippen molar-refractivity contribution >= 4 is 35.0 Å². The molecule has 0 saturated carbocycles. The first-order chi connectivity index (χ1) is 8.56. The molecule has 5 nitrogen and oxygen atoms in total. The summed E-state index contributed by atoms with van der Waals surface area (Å²) >= 11 is 5.71. The number of rotatable bonds is 3. The lowest BCUT2D eigenvalue weighted by molar-refractivity contribution is -0.141. The highest BCUT2D eigenvalue weighted by atomic mass is 35.5. The number of hydrogen-bond donors (Lipinski definition) is 1. The van der Waals surface area contributed by atoms with Gasteiger partial charge in [-0.1, -0.05) is 11.6 Å². The third-order valence-corrected chi connectivity index (χ3v) is 2.84. The van der Waals surface area contributed by atoms with Crippen molar-refractivity contribution in [2.45, 2.75) is 12.8 Å². The van der Waals surface area contributed by atoms with Crippen LogP contribution in [0.4, 0.5) is 5.69 Å². The Kier molecular flexibility index (Phi) is 3.62. The maximum atomic E-state index is 11.7. The number of likely N-dealkylation sites (tertiary alicyclic amines) is 1. The van der Waals surface area contributed by atoms with E-state index in [1.165, 1.54) is 0 Å². The van der Waals surface area contributed by atoms with Crippen molar-refractivity contribution in [3.63, 3.8) is 0 Å². The smallest absolute Gasteiger partial charge is 0.244 e. The van der Waals surface area contributed by atoms with Gasteiger partial charge in [-0.25, -0.2) is 0 Å². The molecule has 1 aromatic carbocycles. The standard InChI is InChI=1S/C12H11ClN2O3/c13-8-1-3-9(4-2-8)14-10(16)7-15-11(17)5-6-12(15)18/h1-4H,5-7H2,(H,14,16). The molecule has 1 aliphatic heterocycles. The lowest BCUT2D eigenvalue weighted by Gasteiger charge is -2.13. The van der Waals surface area contributed by atoms with Gasteiger partial charge in [0.1, 0.15) is 6.54 Å². The van der Waals surface area contributed by atoms with Gasteiger partial charge in [0.2, 0.25) is 17.7 Å². The predicted molar refractivity (Wildman–Crippen MR) is 66.0 cm³/mol. The Morgan fingerprint density at radius 3 is 2.28 bits per heavy atom. The molecule has 1 N–H and O–H groups in total. The van der Waals surface area contributed by atoms with Crippen molar-refractivity contribution in [1.82, 2.24) is 4.90 Å². The molecule has 94 valence electrons. The summed E-state index contributed by atoms with van der Waals surface area (Å²) in [7, 11) is 0. The molecule has 18 heavy (non-hydrogen) atoms. The molecule has 3 amide bonds. The molecule has 1 aromatic rings. The average Bonchev–Trinajstić information content (AvgIpc) is 2.64. The highest BCUT2D eigenvalue weighted by Gasteiger charge is 2.30. The summed E-state index contributed by atoms with van der Waals surface area (Å²) in [5.74, 6) is -1.00. The van der Waals surface area contributed by atoms with Gasteiger partial charge in [-0.2, -0.15) is 0 Å². The van der Waals surface area contributed by atoms with E-state index in [2.05, 4.69) is 5.32 Å². The Labute approximate surface area is 109 Å². The zero-order valence-corrected chi connectivity index (χ0v) is 10.2. The van der Waals surface area contributed by atoms with Gasteiger partial charge in [0.05, 0.1) is 0 Å². The van der Waals surface area contributed by atoms with Crippen LogP contribution in [0.2, 0.25) is 5.02 Å². The Bertz CT molecular complexity index is 483. The van der Waals surface area contributed by atoms with E-state index in [4.69, 9.17) is 11.6 Å². The largest absolute Gasteiger partial charge is 0.325 e. The zero-order valence-electron chi connectivity index (χ0n) is 9.48. The van der Waals surface area contributed by atoms with Crippen LogP contribution in [-0.2, 0) is 14.4 Å².